The van der Waals surface area contributed by atoms with E-state index >= 15 is 0 Å². The molecule has 0 spiro atoms. The lowest BCUT2D eigenvalue weighted by molar-refractivity contribution is -0.128. The number of carbonyl (C=O) groups is 2. The Kier molecular flexibility index (Phi) is 5.66. The molecule has 1 heterocycles. The van der Waals surface area contributed by atoms with Gasteiger partial charge in [-0.05, 0) is 55.3 Å². The molecule has 5 nitrogen and oxygen atoms in total. The van der Waals surface area contributed by atoms with Crippen molar-refractivity contribution in [3.05, 3.63) is 82.9 Å². The lowest BCUT2D eigenvalue weighted by Gasteiger charge is -2.12. The summed E-state index contributed by atoms with van der Waals surface area (Å²) in [6, 6.07) is 19.3. The van der Waals surface area contributed by atoms with Crippen LogP contribution in [0.5, 0.6) is 0 Å². The lowest BCUT2D eigenvalue weighted by Crippen LogP contribution is -2.22. The smallest absolute Gasteiger partial charge is 0.223 e. The fourth-order valence-electron chi connectivity index (χ4n) is 4.13. The Morgan fingerprint density at radius 1 is 0.906 bits per heavy atom. The second kappa shape index (κ2) is 8.42. The van der Waals surface area contributed by atoms with Gasteiger partial charge in [0.05, 0.1) is 0 Å². The van der Waals surface area contributed by atoms with E-state index in [1.54, 1.807) is 25.9 Å². The van der Waals surface area contributed by atoms with Crippen LogP contribution in [0, 0.1) is 12.3 Å². The van der Waals surface area contributed by atoms with E-state index in [1.807, 2.05) is 67.6 Å². The molecule has 4 aromatic rings. The molecule has 0 atom stereocenters. The van der Waals surface area contributed by atoms with E-state index in [9.17, 15) is 9.59 Å². The van der Waals surface area contributed by atoms with Crippen LogP contribution in [0.25, 0.3) is 21.8 Å². The normalized spacial score (nSPS) is 11.1. The van der Waals surface area contributed by atoms with E-state index in [1.165, 1.54) is 0 Å². The average molecular weight is 426 g/mol. The standard InChI is InChI=1S/C27H27N3O2/c1-17-7-5-6-8-21(17)27(32)20-10-12-25-23(16-20)22-15-19(18(2)28)9-11-24(22)30(25)14-13-26(31)29(3)4/h5-12,15-16,28H,13-14H2,1-4H3. The molecular weight excluding hydrogens is 398 g/mol. The summed E-state index contributed by atoms with van der Waals surface area (Å²) >= 11 is 0. The Hall–Kier alpha value is -3.73. The number of nitrogens with one attached hydrogen (secondary N) is 1. The third-order valence-corrected chi connectivity index (χ3v) is 6.00. The summed E-state index contributed by atoms with van der Waals surface area (Å²) in [5, 5.41) is 9.99. The van der Waals surface area contributed by atoms with Crippen LogP contribution in [-0.2, 0) is 11.3 Å². The molecule has 32 heavy (non-hydrogen) atoms. The van der Waals surface area contributed by atoms with Crippen LogP contribution in [0.15, 0.2) is 60.7 Å². The molecular formula is C27H27N3O2. The summed E-state index contributed by atoms with van der Waals surface area (Å²) in [4.78, 5) is 27.1. The molecule has 0 radical (unpaired) electrons. The quantitative estimate of drug-likeness (QED) is 0.341. The Balaban J connectivity index is 1.88. The highest BCUT2D eigenvalue weighted by Gasteiger charge is 2.17. The van der Waals surface area contributed by atoms with E-state index in [-0.39, 0.29) is 11.7 Å². The number of hydrogen-bond acceptors (Lipinski definition) is 3. The molecule has 0 saturated carbocycles. The zero-order valence-corrected chi connectivity index (χ0v) is 18.9. The van der Waals surface area contributed by atoms with Gasteiger partial charge in [0.15, 0.2) is 5.78 Å². The Bertz CT molecular complexity index is 1380. The van der Waals surface area contributed by atoms with E-state index in [0.29, 0.717) is 29.8 Å². The second-order valence-electron chi connectivity index (χ2n) is 8.42. The van der Waals surface area contributed by atoms with Gasteiger partial charge in [-0.25, -0.2) is 0 Å². The maximum atomic E-state index is 13.2. The van der Waals surface area contributed by atoms with Gasteiger partial charge in [-0.1, -0.05) is 30.3 Å². The molecule has 0 aliphatic rings. The highest BCUT2D eigenvalue weighted by atomic mass is 16.2. The number of carbonyl (C=O) groups excluding carboxylic acids is 2. The molecule has 0 unspecified atom stereocenters. The van der Waals surface area contributed by atoms with Gasteiger partial charge in [-0.2, -0.15) is 0 Å². The SMILES string of the molecule is CC(=N)c1ccc2c(c1)c1cc(C(=O)c3ccccc3C)ccc1n2CCC(=O)N(C)C. The number of aromatic nitrogens is 1. The van der Waals surface area contributed by atoms with Crippen molar-refractivity contribution in [2.24, 2.45) is 0 Å². The van der Waals surface area contributed by atoms with Crippen LogP contribution in [-0.4, -0.2) is 41.0 Å². The van der Waals surface area contributed by atoms with Crippen LogP contribution in [0.3, 0.4) is 0 Å². The van der Waals surface area contributed by atoms with Crippen molar-refractivity contribution in [3.8, 4) is 0 Å². The molecule has 1 aromatic heterocycles. The zero-order chi connectivity index (χ0) is 23.0. The lowest BCUT2D eigenvalue weighted by atomic mass is 9.97. The van der Waals surface area contributed by atoms with Crippen molar-refractivity contribution < 1.29 is 9.59 Å². The molecule has 4 rings (SSSR count). The van der Waals surface area contributed by atoms with Gasteiger partial charge in [0, 0.05) is 65.7 Å². The number of benzene rings is 3. The molecule has 0 bridgehead atoms. The number of amides is 1. The van der Waals surface area contributed by atoms with Crippen LogP contribution >= 0.6 is 0 Å². The maximum absolute atomic E-state index is 13.2. The van der Waals surface area contributed by atoms with Crippen molar-refractivity contribution in [2.45, 2.75) is 26.8 Å². The summed E-state index contributed by atoms with van der Waals surface area (Å²) in [5.74, 6) is 0.0615. The average Bonchev–Trinajstić information content (AvgIpc) is 3.09. The van der Waals surface area contributed by atoms with Gasteiger partial charge in [-0.15, -0.1) is 0 Å². The molecule has 1 N–H and O–H groups in total. The third kappa shape index (κ3) is 3.82. The van der Waals surface area contributed by atoms with Crippen LogP contribution in [0.4, 0.5) is 0 Å². The van der Waals surface area contributed by atoms with Gasteiger partial charge in [0.2, 0.25) is 5.91 Å². The molecule has 0 aliphatic heterocycles. The third-order valence-electron chi connectivity index (χ3n) is 6.00. The fourth-order valence-corrected chi connectivity index (χ4v) is 4.13. The number of rotatable bonds is 6. The molecule has 5 heteroatoms. The molecule has 162 valence electrons. The first-order valence-corrected chi connectivity index (χ1v) is 10.7. The van der Waals surface area contributed by atoms with Gasteiger partial charge in [-0.3, -0.25) is 9.59 Å². The first-order valence-electron chi connectivity index (χ1n) is 10.7. The molecule has 0 saturated heterocycles. The highest BCUT2D eigenvalue weighted by Crippen LogP contribution is 2.32. The first kappa shape index (κ1) is 21.5. The predicted octanol–water partition coefficient (Wildman–Crippen LogP) is 5.20. The zero-order valence-electron chi connectivity index (χ0n) is 18.9. The monoisotopic (exact) mass is 425 g/mol. The van der Waals surface area contributed by atoms with Gasteiger partial charge < -0.3 is 14.9 Å². The van der Waals surface area contributed by atoms with Crippen LogP contribution in [0.1, 0.15) is 40.4 Å². The number of aryl methyl sites for hydroxylation is 2. The van der Waals surface area contributed by atoms with Crippen molar-refractivity contribution in [3.63, 3.8) is 0 Å². The number of hydrogen-bond donors (Lipinski definition) is 1. The van der Waals surface area contributed by atoms with E-state index < -0.39 is 0 Å². The summed E-state index contributed by atoms with van der Waals surface area (Å²) < 4.78 is 2.14. The van der Waals surface area contributed by atoms with Gasteiger partial charge in [0.1, 0.15) is 0 Å². The predicted molar refractivity (Wildman–Crippen MR) is 130 cm³/mol. The minimum Gasteiger partial charge on any atom is -0.349 e. The molecule has 1 amide bonds. The minimum atomic E-state index is -0.00641. The van der Waals surface area contributed by atoms with E-state index in [0.717, 1.165) is 32.9 Å². The first-order chi connectivity index (χ1) is 15.3. The van der Waals surface area contributed by atoms with Crippen LogP contribution < -0.4 is 0 Å². The second-order valence-corrected chi connectivity index (χ2v) is 8.42. The van der Waals surface area contributed by atoms with E-state index in [2.05, 4.69) is 4.57 Å². The Labute approximate surface area is 187 Å². The minimum absolute atomic E-state index is 0.00641. The van der Waals surface area contributed by atoms with Crippen molar-refractivity contribution in [1.82, 2.24) is 9.47 Å². The summed E-state index contributed by atoms with van der Waals surface area (Å²) in [7, 11) is 3.52. The number of nitrogens with zero attached hydrogens (tertiary/aromatic N) is 2. The van der Waals surface area contributed by atoms with Crippen molar-refractivity contribution in [1.29, 1.82) is 5.41 Å². The highest BCUT2D eigenvalue weighted by molar-refractivity contribution is 6.16. The number of fused-ring (bicyclic) bond motifs is 3. The Morgan fingerprint density at radius 2 is 1.50 bits per heavy atom. The number of ketones is 1. The van der Waals surface area contributed by atoms with Gasteiger partial charge in [0.25, 0.3) is 0 Å². The van der Waals surface area contributed by atoms with Crippen molar-refractivity contribution in [2.75, 3.05) is 14.1 Å². The largest absolute Gasteiger partial charge is 0.349 e. The maximum Gasteiger partial charge on any atom is 0.223 e. The topological polar surface area (TPSA) is 66.2 Å². The molecule has 0 aliphatic carbocycles. The van der Waals surface area contributed by atoms with E-state index in [4.69, 9.17) is 5.41 Å². The van der Waals surface area contributed by atoms with Crippen molar-refractivity contribution >= 4 is 39.2 Å². The molecule has 3 aromatic carbocycles. The Morgan fingerprint density at radius 3 is 2.09 bits per heavy atom. The van der Waals surface area contributed by atoms with Crippen LogP contribution in [0.2, 0.25) is 0 Å². The fraction of sp³-hybridized carbons (Fsp3) is 0.222. The summed E-state index contributed by atoms with van der Waals surface area (Å²) in [5.41, 5.74) is 5.59. The summed E-state index contributed by atoms with van der Waals surface area (Å²) in [6.45, 7) is 4.26. The van der Waals surface area contributed by atoms with Gasteiger partial charge >= 0.3 is 0 Å². The molecule has 0 fully saturated rings. The summed E-state index contributed by atoms with van der Waals surface area (Å²) in [6.07, 6.45) is 0.390.